The van der Waals surface area contributed by atoms with Crippen LogP contribution >= 0.6 is 0 Å². The van der Waals surface area contributed by atoms with E-state index in [-0.39, 0.29) is 18.9 Å². The molecule has 0 aromatic heterocycles. The fourth-order valence-electron chi connectivity index (χ4n) is 0.701. The second-order valence-electron chi connectivity index (χ2n) is 2.50. The molecule has 0 amide bonds. The van der Waals surface area contributed by atoms with Gasteiger partial charge in [0.05, 0.1) is 12.4 Å². The molecule has 12 heavy (non-hydrogen) atoms. The molecule has 0 heterocycles. The summed E-state index contributed by atoms with van der Waals surface area (Å²) in [7, 11) is -1.74. The molecule has 0 aromatic carbocycles. The highest BCUT2D eigenvalue weighted by Crippen LogP contribution is 1.98. The van der Waals surface area contributed by atoms with Gasteiger partial charge in [0.25, 0.3) is 0 Å². The van der Waals surface area contributed by atoms with Crippen molar-refractivity contribution < 1.29 is 13.5 Å². The van der Waals surface area contributed by atoms with Crippen LogP contribution in [0.2, 0.25) is 0 Å². The van der Waals surface area contributed by atoms with Crippen molar-refractivity contribution in [2.75, 3.05) is 32.5 Å². The molecule has 0 rings (SSSR count). The van der Waals surface area contributed by atoms with E-state index in [1.807, 2.05) is 0 Å². The quantitative estimate of drug-likeness (QED) is 0.546. The highest BCUT2D eigenvalue weighted by molar-refractivity contribution is 7.89. The molecule has 0 atom stereocenters. The molecular formula is C6H16N2O3S. The van der Waals surface area contributed by atoms with Gasteiger partial charge in [0.2, 0.25) is 10.0 Å². The van der Waals surface area contributed by atoms with Crippen LogP contribution in [0.3, 0.4) is 0 Å². The van der Waals surface area contributed by atoms with E-state index in [0.717, 1.165) is 4.31 Å². The van der Waals surface area contributed by atoms with Gasteiger partial charge in [-0.2, -0.15) is 0 Å². The molecule has 0 aliphatic rings. The Kier molecular flexibility index (Phi) is 5.39. The molecule has 0 aromatic rings. The number of sulfonamides is 1. The minimum absolute atomic E-state index is 0.0556. The number of aliphatic hydroxyl groups excluding tert-OH is 1. The van der Waals surface area contributed by atoms with E-state index in [1.165, 1.54) is 7.05 Å². The van der Waals surface area contributed by atoms with Crippen molar-refractivity contribution in [3.8, 4) is 0 Å². The molecule has 0 bridgehead atoms. The van der Waals surface area contributed by atoms with Crippen LogP contribution in [-0.4, -0.2) is 50.3 Å². The minimum Gasteiger partial charge on any atom is -0.395 e. The molecule has 74 valence electrons. The standard InChI is InChI=1S/C6H16N2O3S/c1-8(4-5-9)12(10,11)6-2-3-7/h9H,2-7H2,1H3. The van der Waals surface area contributed by atoms with Gasteiger partial charge in [-0.15, -0.1) is 0 Å². The number of nitrogens with two attached hydrogens (primary N) is 1. The van der Waals surface area contributed by atoms with Gasteiger partial charge in [0.1, 0.15) is 0 Å². The van der Waals surface area contributed by atoms with E-state index < -0.39 is 10.0 Å². The summed E-state index contributed by atoms with van der Waals surface area (Å²) in [5, 5.41) is 8.49. The van der Waals surface area contributed by atoms with Gasteiger partial charge in [-0.25, -0.2) is 12.7 Å². The highest BCUT2D eigenvalue weighted by atomic mass is 32.2. The summed E-state index contributed by atoms with van der Waals surface area (Å²) in [5.74, 6) is 0.0556. The fraction of sp³-hybridized carbons (Fsp3) is 1.00. The Morgan fingerprint density at radius 2 is 2.08 bits per heavy atom. The zero-order valence-corrected chi connectivity index (χ0v) is 8.05. The van der Waals surface area contributed by atoms with Crippen LogP contribution in [0.25, 0.3) is 0 Å². The SMILES string of the molecule is CN(CCO)S(=O)(=O)CCCN. The maximum absolute atomic E-state index is 11.2. The van der Waals surface area contributed by atoms with E-state index in [2.05, 4.69) is 0 Å². The van der Waals surface area contributed by atoms with E-state index in [1.54, 1.807) is 0 Å². The third kappa shape index (κ3) is 4.01. The summed E-state index contributed by atoms with van der Waals surface area (Å²) in [6.45, 7) is 0.359. The molecule has 0 saturated heterocycles. The van der Waals surface area contributed by atoms with Crippen molar-refractivity contribution in [1.82, 2.24) is 4.31 Å². The molecule has 0 spiro atoms. The van der Waals surface area contributed by atoms with Crippen molar-refractivity contribution in [2.24, 2.45) is 5.73 Å². The van der Waals surface area contributed by atoms with Crippen molar-refractivity contribution in [3.63, 3.8) is 0 Å². The highest BCUT2D eigenvalue weighted by Gasteiger charge is 2.15. The average Bonchev–Trinajstić information content (AvgIpc) is 2.01. The largest absolute Gasteiger partial charge is 0.395 e. The first-order valence-corrected chi connectivity index (χ1v) is 5.40. The molecular weight excluding hydrogens is 180 g/mol. The maximum Gasteiger partial charge on any atom is 0.213 e. The van der Waals surface area contributed by atoms with Crippen LogP contribution in [0.1, 0.15) is 6.42 Å². The molecule has 0 saturated carbocycles. The fourth-order valence-corrected chi connectivity index (χ4v) is 1.90. The van der Waals surface area contributed by atoms with Gasteiger partial charge in [0.15, 0.2) is 0 Å². The van der Waals surface area contributed by atoms with Crippen LogP contribution in [0.4, 0.5) is 0 Å². The summed E-state index contributed by atoms with van der Waals surface area (Å²) < 4.78 is 23.6. The third-order valence-electron chi connectivity index (χ3n) is 1.50. The lowest BCUT2D eigenvalue weighted by molar-refractivity contribution is 0.266. The Bertz CT molecular complexity index is 203. The van der Waals surface area contributed by atoms with Gasteiger partial charge in [0, 0.05) is 13.6 Å². The van der Waals surface area contributed by atoms with E-state index in [9.17, 15) is 8.42 Å². The molecule has 0 aliphatic carbocycles. The first-order chi connectivity index (χ1) is 5.54. The Balaban J connectivity index is 4.01. The van der Waals surface area contributed by atoms with Crippen LogP contribution < -0.4 is 5.73 Å². The molecule has 5 nitrogen and oxygen atoms in total. The van der Waals surface area contributed by atoms with Gasteiger partial charge < -0.3 is 10.8 Å². The number of nitrogens with zero attached hydrogens (tertiary/aromatic N) is 1. The number of hydrogen-bond acceptors (Lipinski definition) is 4. The molecule has 0 unspecified atom stereocenters. The zero-order valence-electron chi connectivity index (χ0n) is 7.23. The summed E-state index contributed by atoms with van der Waals surface area (Å²) in [4.78, 5) is 0. The first-order valence-electron chi connectivity index (χ1n) is 3.79. The Hall–Kier alpha value is -0.170. The Morgan fingerprint density at radius 3 is 2.50 bits per heavy atom. The Morgan fingerprint density at radius 1 is 1.50 bits per heavy atom. The number of likely N-dealkylation sites (N-methyl/N-ethyl adjacent to an activating group) is 1. The van der Waals surface area contributed by atoms with Crippen molar-refractivity contribution in [1.29, 1.82) is 0 Å². The number of rotatable bonds is 6. The zero-order chi connectivity index (χ0) is 9.61. The van der Waals surface area contributed by atoms with Crippen molar-refractivity contribution >= 4 is 10.0 Å². The number of hydrogen-bond donors (Lipinski definition) is 2. The van der Waals surface area contributed by atoms with Crippen LogP contribution in [0.5, 0.6) is 0 Å². The predicted molar refractivity (Wildman–Crippen MR) is 47.2 cm³/mol. The second kappa shape index (κ2) is 5.47. The van der Waals surface area contributed by atoms with Crippen molar-refractivity contribution in [3.05, 3.63) is 0 Å². The number of aliphatic hydroxyl groups is 1. The van der Waals surface area contributed by atoms with Crippen LogP contribution in [0.15, 0.2) is 0 Å². The summed E-state index contributed by atoms with van der Waals surface area (Å²) in [6, 6.07) is 0. The minimum atomic E-state index is -3.19. The normalized spacial score (nSPS) is 12.3. The lowest BCUT2D eigenvalue weighted by Crippen LogP contribution is -2.32. The predicted octanol–water partition coefficient (Wildman–Crippen LogP) is -1.41. The molecule has 0 aliphatic heterocycles. The third-order valence-corrected chi connectivity index (χ3v) is 3.43. The second-order valence-corrected chi connectivity index (χ2v) is 4.70. The maximum atomic E-state index is 11.2. The van der Waals surface area contributed by atoms with E-state index >= 15 is 0 Å². The van der Waals surface area contributed by atoms with E-state index in [0.29, 0.717) is 13.0 Å². The first kappa shape index (κ1) is 11.8. The average molecular weight is 196 g/mol. The van der Waals surface area contributed by atoms with Crippen LogP contribution in [0, 0.1) is 0 Å². The van der Waals surface area contributed by atoms with Crippen LogP contribution in [-0.2, 0) is 10.0 Å². The van der Waals surface area contributed by atoms with Gasteiger partial charge in [-0.05, 0) is 13.0 Å². The lowest BCUT2D eigenvalue weighted by atomic mass is 10.5. The van der Waals surface area contributed by atoms with E-state index in [4.69, 9.17) is 10.8 Å². The summed E-state index contributed by atoms with van der Waals surface area (Å²) in [5.41, 5.74) is 5.18. The van der Waals surface area contributed by atoms with Gasteiger partial charge in [-0.1, -0.05) is 0 Å². The lowest BCUT2D eigenvalue weighted by Gasteiger charge is -2.14. The summed E-state index contributed by atoms with van der Waals surface area (Å²) >= 11 is 0. The molecule has 6 heteroatoms. The Labute approximate surface area is 73.2 Å². The molecule has 0 fully saturated rings. The van der Waals surface area contributed by atoms with Gasteiger partial charge >= 0.3 is 0 Å². The monoisotopic (exact) mass is 196 g/mol. The van der Waals surface area contributed by atoms with Crippen molar-refractivity contribution in [2.45, 2.75) is 6.42 Å². The van der Waals surface area contributed by atoms with Gasteiger partial charge in [-0.3, -0.25) is 0 Å². The molecule has 0 radical (unpaired) electrons. The summed E-state index contributed by atoms with van der Waals surface area (Å²) in [6.07, 6.45) is 0.456. The smallest absolute Gasteiger partial charge is 0.213 e. The molecule has 3 N–H and O–H groups in total. The topological polar surface area (TPSA) is 83.6 Å².